The lowest BCUT2D eigenvalue weighted by molar-refractivity contribution is 0.147. The number of aliphatic hydroxyl groups excluding tert-OH is 1. The Bertz CT molecular complexity index is 320. The highest BCUT2D eigenvalue weighted by Crippen LogP contribution is 2.16. The van der Waals surface area contributed by atoms with Gasteiger partial charge in [0.05, 0.1) is 12.8 Å². The molecular formula is C30H60FO. The summed E-state index contributed by atoms with van der Waals surface area (Å²) >= 11 is 0. The highest BCUT2D eigenvalue weighted by molar-refractivity contribution is 4.65. The third kappa shape index (κ3) is 27.9. The van der Waals surface area contributed by atoms with Crippen molar-refractivity contribution >= 4 is 0 Å². The van der Waals surface area contributed by atoms with Crippen LogP contribution >= 0.6 is 0 Å². The molecule has 1 unspecified atom stereocenters. The Labute approximate surface area is 202 Å². The minimum atomic E-state index is -0.140. The van der Waals surface area contributed by atoms with E-state index in [9.17, 15) is 9.50 Å². The lowest BCUT2D eigenvalue weighted by Crippen LogP contribution is -2.05. The van der Waals surface area contributed by atoms with Gasteiger partial charge in [0, 0.05) is 0 Å². The zero-order valence-electron chi connectivity index (χ0n) is 22.1. The lowest BCUT2D eigenvalue weighted by atomic mass is 10.0. The van der Waals surface area contributed by atoms with E-state index in [0.29, 0.717) is 0 Å². The van der Waals surface area contributed by atoms with Crippen molar-refractivity contribution in [2.45, 2.75) is 180 Å². The molecule has 0 aromatic rings. The summed E-state index contributed by atoms with van der Waals surface area (Å²) in [5.41, 5.74) is 0. The van der Waals surface area contributed by atoms with E-state index in [1.165, 1.54) is 141 Å². The highest BCUT2D eigenvalue weighted by atomic mass is 19.1. The molecule has 193 valence electrons. The van der Waals surface area contributed by atoms with E-state index in [1.807, 2.05) is 0 Å². The van der Waals surface area contributed by atoms with Crippen LogP contribution in [0.5, 0.6) is 0 Å². The molecule has 0 spiro atoms. The molecule has 0 heterocycles. The van der Waals surface area contributed by atoms with Gasteiger partial charge in [-0.2, -0.15) is 0 Å². The SMILES string of the molecule is CCCCCCCCCCC(O)CCCCCCCCC[CH]CCCCCCCCCF. The van der Waals surface area contributed by atoms with Gasteiger partial charge in [0.1, 0.15) is 0 Å². The van der Waals surface area contributed by atoms with Gasteiger partial charge >= 0.3 is 0 Å². The molecule has 0 bridgehead atoms. The van der Waals surface area contributed by atoms with Gasteiger partial charge in [-0.3, -0.25) is 4.39 Å². The van der Waals surface area contributed by atoms with Gasteiger partial charge in [0.15, 0.2) is 0 Å². The molecule has 1 radical (unpaired) electrons. The van der Waals surface area contributed by atoms with Crippen LogP contribution in [0.25, 0.3) is 0 Å². The maximum absolute atomic E-state index is 12.0. The molecule has 1 atom stereocenters. The smallest absolute Gasteiger partial charge is 0.0894 e. The van der Waals surface area contributed by atoms with E-state index in [1.54, 1.807) is 0 Å². The van der Waals surface area contributed by atoms with Crippen molar-refractivity contribution in [1.29, 1.82) is 0 Å². The Kier molecular flexibility index (Phi) is 28.8. The van der Waals surface area contributed by atoms with Crippen LogP contribution < -0.4 is 0 Å². The quantitative estimate of drug-likeness (QED) is 0.116. The maximum atomic E-state index is 12.0. The largest absolute Gasteiger partial charge is 0.393 e. The number of unbranched alkanes of at least 4 members (excludes halogenated alkanes) is 23. The number of rotatable bonds is 28. The Morgan fingerprint density at radius 1 is 0.500 bits per heavy atom. The third-order valence-corrected chi connectivity index (χ3v) is 6.88. The van der Waals surface area contributed by atoms with Crippen LogP contribution in [0, 0.1) is 6.42 Å². The van der Waals surface area contributed by atoms with Gasteiger partial charge in [0.25, 0.3) is 0 Å². The fourth-order valence-corrected chi connectivity index (χ4v) is 4.62. The van der Waals surface area contributed by atoms with Crippen LogP contribution in [-0.2, 0) is 0 Å². The number of halogens is 1. The topological polar surface area (TPSA) is 20.2 Å². The van der Waals surface area contributed by atoms with Crippen LogP contribution in [-0.4, -0.2) is 17.9 Å². The second-order valence-corrected chi connectivity index (χ2v) is 10.2. The molecule has 1 nitrogen and oxygen atoms in total. The normalized spacial score (nSPS) is 12.5. The van der Waals surface area contributed by atoms with E-state index < -0.39 is 0 Å². The van der Waals surface area contributed by atoms with Gasteiger partial charge in [-0.05, 0) is 25.7 Å². The van der Waals surface area contributed by atoms with E-state index in [4.69, 9.17) is 0 Å². The van der Waals surface area contributed by atoms with E-state index in [2.05, 4.69) is 13.3 Å². The molecule has 32 heavy (non-hydrogen) atoms. The molecule has 1 N–H and O–H groups in total. The standard InChI is InChI=1S/C30H60FO/c1-2-3-4-5-6-18-21-24-27-30(32)28-25-22-19-16-14-12-10-8-7-9-11-13-15-17-20-23-26-29-31/h7,30,32H,2-6,8-29H2,1H3. The molecule has 0 fully saturated rings. The van der Waals surface area contributed by atoms with Gasteiger partial charge in [-0.15, -0.1) is 0 Å². The van der Waals surface area contributed by atoms with Gasteiger partial charge < -0.3 is 5.11 Å². The van der Waals surface area contributed by atoms with Crippen molar-refractivity contribution in [2.75, 3.05) is 6.67 Å². The summed E-state index contributed by atoms with van der Waals surface area (Å²) in [7, 11) is 0. The van der Waals surface area contributed by atoms with Gasteiger partial charge in [-0.1, -0.05) is 155 Å². The first-order valence-electron chi connectivity index (χ1n) is 14.9. The molecule has 0 saturated carbocycles. The van der Waals surface area contributed by atoms with Crippen LogP contribution in [0.3, 0.4) is 0 Å². The van der Waals surface area contributed by atoms with Gasteiger partial charge in [0.2, 0.25) is 0 Å². The fourth-order valence-electron chi connectivity index (χ4n) is 4.62. The third-order valence-electron chi connectivity index (χ3n) is 6.88. The molecule has 0 aliphatic rings. The molecule has 0 aromatic heterocycles. The molecule has 0 rings (SSSR count). The summed E-state index contributed by atoms with van der Waals surface area (Å²) in [5, 5.41) is 10.1. The summed E-state index contributed by atoms with van der Waals surface area (Å²) in [6.45, 7) is 2.13. The van der Waals surface area contributed by atoms with Crippen LogP contribution in [0.1, 0.15) is 174 Å². The molecular weight excluding hydrogens is 395 g/mol. The molecule has 0 aliphatic carbocycles. The lowest BCUT2D eigenvalue weighted by Gasteiger charge is -2.10. The van der Waals surface area contributed by atoms with E-state index in [-0.39, 0.29) is 12.8 Å². The minimum Gasteiger partial charge on any atom is -0.393 e. The predicted octanol–water partition coefficient (Wildman–Crippen LogP) is 10.7. The molecule has 0 aliphatic heterocycles. The molecule has 0 aromatic carbocycles. The van der Waals surface area contributed by atoms with Crippen LogP contribution in [0.15, 0.2) is 0 Å². The molecule has 0 saturated heterocycles. The first-order chi connectivity index (χ1) is 15.8. The Balaban J connectivity index is 3.10. The van der Waals surface area contributed by atoms with Crippen molar-refractivity contribution in [1.82, 2.24) is 0 Å². The molecule has 2 heteroatoms. The predicted molar refractivity (Wildman–Crippen MR) is 142 cm³/mol. The van der Waals surface area contributed by atoms with Gasteiger partial charge in [-0.25, -0.2) is 0 Å². The highest BCUT2D eigenvalue weighted by Gasteiger charge is 2.03. The fraction of sp³-hybridized carbons (Fsp3) is 0.967. The Hall–Kier alpha value is -0.110. The van der Waals surface area contributed by atoms with Crippen molar-refractivity contribution in [3.63, 3.8) is 0 Å². The van der Waals surface area contributed by atoms with Crippen molar-refractivity contribution in [2.24, 2.45) is 0 Å². The van der Waals surface area contributed by atoms with Crippen LogP contribution in [0.2, 0.25) is 0 Å². The summed E-state index contributed by atoms with van der Waals surface area (Å²) in [6.07, 6.45) is 35.6. The first kappa shape index (κ1) is 31.9. The number of hydrogen-bond acceptors (Lipinski definition) is 1. The Morgan fingerprint density at radius 2 is 0.844 bits per heavy atom. The zero-order valence-corrected chi connectivity index (χ0v) is 22.1. The number of alkyl halides is 1. The monoisotopic (exact) mass is 455 g/mol. The van der Waals surface area contributed by atoms with Crippen molar-refractivity contribution < 1.29 is 9.50 Å². The number of hydrogen-bond donors (Lipinski definition) is 1. The minimum absolute atomic E-state index is 0.0491. The average molecular weight is 456 g/mol. The second-order valence-electron chi connectivity index (χ2n) is 10.2. The maximum Gasteiger partial charge on any atom is 0.0894 e. The average Bonchev–Trinajstić information content (AvgIpc) is 2.80. The summed E-state index contributed by atoms with van der Waals surface area (Å²) in [4.78, 5) is 0. The van der Waals surface area contributed by atoms with Crippen molar-refractivity contribution in [3.05, 3.63) is 6.42 Å². The second kappa shape index (κ2) is 28.9. The summed E-state index contributed by atoms with van der Waals surface area (Å²) in [6, 6.07) is 0. The van der Waals surface area contributed by atoms with E-state index in [0.717, 1.165) is 25.7 Å². The van der Waals surface area contributed by atoms with Crippen LogP contribution in [0.4, 0.5) is 4.39 Å². The van der Waals surface area contributed by atoms with Crippen molar-refractivity contribution in [3.8, 4) is 0 Å². The van der Waals surface area contributed by atoms with E-state index >= 15 is 0 Å². The zero-order chi connectivity index (χ0) is 23.4. The summed E-state index contributed by atoms with van der Waals surface area (Å²) < 4.78 is 12.0. The number of aliphatic hydroxyl groups is 1. The first-order valence-corrected chi connectivity index (χ1v) is 14.9. The Morgan fingerprint density at radius 3 is 1.25 bits per heavy atom. The summed E-state index contributed by atoms with van der Waals surface area (Å²) in [5.74, 6) is 0. The molecule has 0 amide bonds.